The summed E-state index contributed by atoms with van der Waals surface area (Å²) in [5.41, 5.74) is 1.11. The highest BCUT2D eigenvalue weighted by molar-refractivity contribution is 7.15. The minimum atomic E-state index is 0.763. The Morgan fingerprint density at radius 3 is 3.12 bits per heavy atom. The molecule has 1 N–H and O–H groups in total. The van der Waals surface area contributed by atoms with Crippen LogP contribution in [0, 0.1) is 0 Å². The Hall–Kier alpha value is -1.06. The first-order valence-corrected chi connectivity index (χ1v) is 6.52. The molecule has 0 spiro atoms. The number of nitrogens with one attached hydrogen (secondary N) is 1. The van der Waals surface area contributed by atoms with Crippen molar-refractivity contribution in [3.05, 3.63) is 34.2 Å². The van der Waals surface area contributed by atoms with Gasteiger partial charge in [0, 0.05) is 22.0 Å². The smallest absolute Gasteiger partial charge is 0.140 e. The second-order valence-electron chi connectivity index (χ2n) is 3.83. The second-order valence-corrected chi connectivity index (χ2v) is 5.35. The Labute approximate surface area is 103 Å². The van der Waals surface area contributed by atoms with E-state index in [1.807, 2.05) is 18.2 Å². The Balaban J connectivity index is 2.03. The molecule has 0 aliphatic carbocycles. The van der Waals surface area contributed by atoms with Crippen LogP contribution in [0.1, 0.15) is 11.3 Å². The van der Waals surface area contributed by atoms with E-state index in [1.54, 1.807) is 11.3 Å². The lowest BCUT2D eigenvalue weighted by Gasteiger charge is -2.10. The van der Waals surface area contributed by atoms with Gasteiger partial charge in [-0.25, -0.2) is 4.98 Å². The predicted octanol–water partition coefficient (Wildman–Crippen LogP) is 3.82. The van der Waals surface area contributed by atoms with Gasteiger partial charge in [-0.05, 0) is 25.0 Å². The molecule has 1 aliphatic rings. The number of hydrogen-bond donors (Lipinski definition) is 1. The Morgan fingerprint density at radius 2 is 2.31 bits per heavy atom. The predicted molar refractivity (Wildman–Crippen MR) is 69.4 cm³/mol. The fraction of sp³-hybridized carbons (Fsp3) is 0.250. The normalized spacial score (nSPS) is 14.3. The zero-order valence-corrected chi connectivity index (χ0v) is 10.2. The number of fused-ring (bicyclic) bond motifs is 1. The molecule has 1 aromatic heterocycles. The monoisotopic (exact) mass is 250 g/mol. The van der Waals surface area contributed by atoms with Crippen molar-refractivity contribution in [3.63, 3.8) is 0 Å². The van der Waals surface area contributed by atoms with Crippen LogP contribution >= 0.6 is 22.9 Å². The molecule has 2 heterocycles. The summed E-state index contributed by atoms with van der Waals surface area (Å²) in [6.07, 6.45) is 2.34. The van der Waals surface area contributed by atoms with E-state index >= 15 is 0 Å². The van der Waals surface area contributed by atoms with Crippen LogP contribution in [0.4, 0.5) is 5.82 Å². The van der Waals surface area contributed by atoms with E-state index < -0.39 is 0 Å². The van der Waals surface area contributed by atoms with Gasteiger partial charge < -0.3 is 5.32 Å². The number of anilines is 1. The molecule has 2 aromatic rings. The van der Waals surface area contributed by atoms with Crippen molar-refractivity contribution in [3.8, 4) is 10.6 Å². The Kier molecular flexibility index (Phi) is 2.58. The third-order valence-corrected chi connectivity index (χ3v) is 4.04. The summed E-state index contributed by atoms with van der Waals surface area (Å²) >= 11 is 7.75. The van der Waals surface area contributed by atoms with Crippen LogP contribution in [-0.4, -0.2) is 11.5 Å². The quantitative estimate of drug-likeness (QED) is 0.832. The van der Waals surface area contributed by atoms with Crippen molar-refractivity contribution in [2.45, 2.75) is 12.8 Å². The SMILES string of the molecule is Clc1cccc(-c2nc3c(s2)CCCN3)c1. The van der Waals surface area contributed by atoms with Gasteiger partial charge in [0.2, 0.25) is 0 Å². The van der Waals surface area contributed by atoms with Gasteiger partial charge in [-0.1, -0.05) is 23.7 Å². The van der Waals surface area contributed by atoms with Crippen LogP contribution in [0.15, 0.2) is 24.3 Å². The Bertz CT molecular complexity index is 498. The molecule has 0 saturated heterocycles. The number of hydrogen-bond acceptors (Lipinski definition) is 3. The molecular formula is C12H11ClN2S. The summed E-state index contributed by atoms with van der Waals surface area (Å²) in [6, 6.07) is 7.87. The van der Waals surface area contributed by atoms with E-state index in [0.29, 0.717) is 0 Å². The lowest BCUT2D eigenvalue weighted by molar-refractivity contribution is 0.837. The molecule has 0 unspecified atom stereocenters. The molecule has 16 heavy (non-hydrogen) atoms. The molecule has 0 radical (unpaired) electrons. The number of nitrogens with zero attached hydrogens (tertiary/aromatic N) is 1. The van der Waals surface area contributed by atoms with Crippen LogP contribution in [0.3, 0.4) is 0 Å². The molecule has 4 heteroatoms. The van der Waals surface area contributed by atoms with E-state index in [2.05, 4.69) is 16.4 Å². The van der Waals surface area contributed by atoms with Crippen LogP contribution in [0.25, 0.3) is 10.6 Å². The molecule has 1 aliphatic heterocycles. The number of aromatic nitrogens is 1. The first kappa shape index (κ1) is 10.1. The molecular weight excluding hydrogens is 240 g/mol. The third kappa shape index (κ3) is 1.81. The number of rotatable bonds is 1. The van der Waals surface area contributed by atoms with E-state index in [9.17, 15) is 0 Å². The maximum Gasteiger partial charge on any atom is 0.140 e. The number of thiazole rings is 1. The van der Waals surface area contributed by atoms with Crippen molar-refractivity contribution in [1.82, 2.24) is 4.98 Å². The molecule has 1 aromatic carbocycles. The van der Waals surface area contributed by atoms with Crippen LogP contribution < -0.4 is 5.32 Å². The highest BCUT2D eigenvalue weighted by Crippen LogP contribution is 2.34. The zero-order valence-electron chi connectivity index (χ0n) is 8.66. The van der Waals surface area contributed by atoms with E-state index in [1.165, 1.54) is 11.3 Å². The number of benzene rings is 1. The minimum absolute atomic E-state index is 0.763. The summed E-state index contributed by atoms with van der Waals surface area (Å²) in [5.74, 6) is 1.06. The topological polar surface area (TPSA) is 24.9 Å². The molecule has 0 amide bonds. The standard InChI is InChI=1S/C12H11ClN2S/c13-9-4-1-3-8(7-9)12-15-11-10(16-12)5-2-6-14-11/h1,3-4,7,14H,2,5-6H2. The molecule has 0 saturated carbocycles. The Morgan fingerprint density at radius 1 is 1.38 bits per heavy atom. The number of halogens is 1. The third-order valence-electron chi connectivity index (χ3n) is 2.64. The number of aryl methyl sites for hydroxylation is 1. The summed E-state index contributed by atoms with van der Waals surface area (Å²) in [7, 11) is 0. The van der Waals surface area contributed by atoms with Crippen molar-refractivity contribution >= 4 is 28.8 Å². The summed E-state index contributed by atoms with van der Waals surface area (Å²) in [6.45, 7) is 1.03. The average molecular weight is 251 g/mol. The van der Waals surface area contributed by atoms with Crippen LogP contribution in [0.2, 0.25) is 5.02 Å². The second kappa shape index (κ2) is 4.07. The van der Waals surface area contributed by atoms with Crippen molar-refractivity contribution in [1.29, 1.82) is 0 Å². The molecule has 0 fully saturated rings. The zero-order chi connectivity index (χ0) is 11.0. The van der Waals surface area contributed by atoms with Gasteiger partial charge >= 0.3 is 0 Å². The lowest BCUT2D eigenvalue weighted by Crippen LogP contribution is -2.09. The van der Waals surface area contributed by atoms with Gasteiger partial charge in [0.25, 0.3) is 0 Å². The highest BCUT2D eigenvalue weighted by atomic mass is 35.5. The van der Waals surface area contributed by atoms with Crippen molar-refractivity contribution < 1.29 is 0 Å². The van der Waals surface area contributed by atoms with Crippen molar-refractivity contribution in [2.75, 3.05) is 11.9 Å². The fourth-order valence-electron chi connectivity index (χ4n) is 1.86. The highest BCUT2D eigenvalue weighted by Gasteiger charge is 2.15. The van der Waals surface area contributed by atoms with Gasteiger partial charge in [0.05, 0.1) is 0 Å². The van der Waals surface area contributed by atoms with Gasteiger partial charge in [-0.2, -0.15) is 0 Å². The van der Waals surface area contributed by atoms with Crippen LogP contribution in [0.5, 0.6) is 0 Å². The first-order chi connectivity index (χ1) is 7.83. The van der Waals surface area contributed by atoms with Gasteiger partial charge in [0.1, 0.15) is 10.8 Å². The summed E-state index contributed by atoms with van der Waals surface area (Å²) in [5, 5.41) is 5.15. The molecule has 0 atom stereocenters. The van der Waals surface area contributed by atoms with Gasteiger partial charge in [0.15, 0.2) is 0 Å². The fourth-order valence-corrected chi connectivity index (χ4v) is 3.13. The maximum absolute atomic E-state index is 5.98. The van der Waals surface area contributed by atoms with Gasteiger partial charge in [-0.15, -0.1) is 11.3 Å². The van der Waals surface area contributed by atoms with Crippen molar-refractivity contribution in [2.24, 2.45) is 0 Å². The average Bonchev–Trinajstić information content (AvgIpc) is 2.72. The summed E-state index contributed by atoms with van der Waals surface area (Å²) in [4.78, 5) is 5.97. The lowest BCUT2D eigenvalue weighted by atomic mass is 10.2. The van der Waals surface area contributed by atoms with E-state index in [4.69, 9.17) is 11.6 Å². The summed E-state index contributed by atoms with van der Waals surface area (Å²) < 4.78 is 0. The van der Waals surface area contributed by atoms with E-state index in [-0.39, 0.29) is 0 Å². The van der Waals surface area contributed by atoms with Gasteiger partial charge in [-0.3, -0.25) is 0 Å². The molecule has 2 nitrogen and oxygen atoms in total. The van der Waals surface area contributed by atoms with Crippen LogP contribution in [-0.2, 0) is 6.42 Å². The maximum atomic E-state index is 5.98. The molecule has 82 valence electrons. The minimum Gasteiger partial charge on any atom is -0.369 e. The largest absolute Gasteiger partial charge is 0.369 e. The first-order valence-electron chi connectivity index (χ1n) is 5.32. The molecule has 0 bridgehead atoms. The van der Waals surface area contributed by atoms with E-state index in [0.717, 1.165) is 34.4 Å². The molecule has 3 rings (SSSR count).